The minimum atomic E-state index is -1.05. The van der Waals surface area contributed by atoms with Gasteiger partial charge >= 0.3 is 5.97 Å². The molecule has 0 spiro atoms. The van der Waals surface area contributed by atoms with Gasteiger partial charge in [0.2, 0.25) is 0 Å². The summed E-state index contributed by atoms with van der Waals surface area (Å²) in [6, 6.07) is 17.9. The molecule has 1 amide bonds. The van der Waals surface area contributed by atoms with E-state index in [1.807, 2.05) is 6.92 Å². The van der Waals surface area contributed by atoms with Gasteiger partial charge in [0.1, 0.15) is 12.4 Å². The van der Waals surface area contributed by atoms with Gasteiger partial charge in [-0.3, -0.25) is 9.69 Å². The van der Waals surface area contributed by atoms with Crippen LogP contribution in [-0.2, 0) is 11.4 Å². The molecule has 1 aliphatic rings. The Labute approximate surface area is 211 Å². The molecule has 0 atom stereocenters. The van der Waals surface area contributed by atoms with Gasteiger partial charge in [-0.15, -0.1) is 0 Å². The Morgan fingerprint density at radius 3 is 2.64 bits per heavy atom. The Morgan fingerprint density at radius 2 is 1.89 bits per heavy atom. The fraction of sp³-hybridized carbons (Fsp3) is 0.148. The first kappa shape index (κ1) is 25.0. The monoisotopic (exact) mass is 506 g/mol. The molecule has 9 heteroatoms. The Balaban J connectivity index is 1.55. The summed E-state index contributed by atoms with van der Waals surface area (Å²) in [7, 11) is 1.61. The maximum absolute atomic E-state index is 13.9. The zero-order valence-corrected chi connectivity index (χ0v) is 20.4. The molecular weight excluding hydrogens is 483 g/mol. The molecule has 4 rings (SSSR count). The summed E-state index contributed by atoms with van der Waals surface area (Å²) < 4.78 is 25.5. The number of carboxylic acid groups (broad SMARTS) is 1. The lowest BCUT2D eigenvalue weighted by Gasteiger charge is -2.13. The van der Waals surface area contributed by atoms with Gasteiger partial charge in [-0.2, -0.15) is 0 Å². The summed E-state index contributed by atoms with van der Waals surface area (Å²) in [4.78, 5) is 30.4. The van der Waals surface area contributed by atoms with Gasteiger partial charge in [0.15, 0.2) is 16.7 Å². The standard InChI is InChI=1S/C27H23FN2O5S/c1-3-34-23-13-17(11-12-22(23)35-16-19-7-4-5-10-21(19)28)14-24-25(31)30(2)27(36-24)29-20-9-6-8-18(15-20)26(32)33/h4-15H,3,16H2,1-2H3,(H,32,33)/b24-14-,29-27?. The second kappa shape index (κ2) is 11.1. The zero-order chi connectivity index (χ0) is 25.7. The summed E-state index contributed by atoms with van der Waals surface area (Å²) in [5.74, 6) is -0.680. The third kappa shape index (κ3) is 5.75. The SMILES string of the molecule is CCOc1cc(/C=C2\SC(=Nc3cccc(C(=O)O)c3)N(C)C2=O)ccc1OCc1ccccc1F. The van der Waals surface area contributed by atoms with Crippen LogP contribution < -0.4 is 9.47 Å². The third-order valence-electron chi connectivity index (χ3n) is 5.23. The van der Waals surface area contributed by atoms with E-state index in [-0.39, 0.29) is 23.9 Å². The molecule has 7 nitrogen and oxygen atoms in total. The van der Waals surface area contributed by atoms with Crippen molar-refractivity contribution in [3.8, 4) is 11.5 Å². The number of thioether (sulfide) groups is 1. The lowest BCUT2D eigenvalue weighted by molar-refractivity contribution is -0.121. The molecule has 0 radical (unpaired) electrons. The van der Waals surface area contributed by atoms with E-state index >= 15 is 0 Å². The number of aliphatic imine (C=N–C) groups is 1. The molecular formula is C27H23FN2O5S. The normalized spacial score (nSPS) is 15.5. The number of carbonyl (C=O) groups is 2. The molecule has 36 heavy (non-hydrogen) atoms. The molecule has 0 bridgehead atoms. The number of amides is 1. The van der Waals surface area contributed by atoms with Crippen LogP contribution in [0.15, 0.2) is 76.6 Å². The molecule has 184 valence electrons. The van der Waals surface area contributed by atoms with E-state index in [0.29, 0.717) is 39.4 Å². The van der Waals surface area contributed by atoms with Crippen LogP contribution in [0.4, 0.5) is 10.1 Å². The minimum absolute atomic E-state index is 0.0508. The van der Waals surface area contributed by atoms with Crippen LogP contribution in [0, 0.1) is 5.82 Å². The number of hydrogen-bond donors (Lipinski definition) is 1. The van der Waals surface area contributed by atoms with Crippen molar-refractivity contribution in [2.75, 3.05) is 13.7 Å². The third-order valence-corrected chi connectivity index (χ3v) is 6.29. The highest BCUT2D eigenvalue weighted by Crippen LogP contribution is 2.35. The number of hydrogen-bond acceptors (Lipinski definition) is 6. The van der Waals surface area contributed by atoms with Crippen LogP contribution in [0.1, 0.15) is 28.4 Å². The lowest BCUT2D eigenvalue weighted by Crippen LogP contribution is -2.23. The summed E-state index contributed by atoms with van der Waals surface area (Å²) >= 11 is 1.19. The average molecular weight is 507 g/mol. The smallest absolute Gasteiger partial charge is 0.335 e. The fourth-order valence-corrected chi connectivity index (χ4v) is 4.38. The van der Waals surface area contributed by atoms with E-state index in [9.17, 15) is 19.1 Å². The topological polar surface area (TPSA) is 88.4 Å². The van der Waals surface area contributed by atoms with Gasteiger partial charge in [-0.1, -0.05) is 30.3 Å². The van der Waals surface area contributed by atoms with Crippen LogP contribution in [0.25, 0.3) is 6.08 Å². The first-order chi connectivity index (χ1) is 17.4. The molecule has 0 saturated carbocycles. The predicted octanol–water partition coefficient (Wildman–Crippen LogP) is 5.74. The van der Waals surface area contributed by atoms with Crippen molar-refractivity contribution in [3.05, 3.63) is 94.1 Å². The summed E-state index contributed by atoms with van der Waals surface area (Å²) in [5, 5.41) is 9.63. The van der Waals surface area contributed by atoms with E-state index in [2.05, 4.69) is 4.99 Å². The van der Waals surface area contributed by atoms with Crippen molar-refractivity contribution < 1.29 is 28.6 Å². The Kier molecular flexibility index (Phi) is 7.70. The van der Waals surface area contributed by atoms with Gasteiger partial charge in [0.05, 0.1) is 22.8 Å². The summed E-state index contributed by atoms with van der Waals surface area (Å²) in [6.45, 7) is 2.30. The molecule has 0 aromatic heterocycles. The second-order valence-corrected chi connectivity index (χ2v) is 8.75. The van der Waals surface area contributed by atoms with Crippen molar-refractivity contribution in [2.24, 2.45) is 4.99 Å². The maximum atomic E-state index is 13.9. The quantitative estimate of drug-likeness (QED) is 0.392. The van der Waals surface area contributed by atoms with E-state index in [0.717, 1.165) is 5.56 Å². The van der Waals surface area contributed by atoms with Crippen molar-refractivity contribution >= 4 is 40.6 Å². The number of ether oxygens (including phenoxy) is 2. The number of aromatic carboxylic acids is 1. The van der Waals surface area contributed by atoms with Crippen LogP contribution in [0.2, 0.25) is 0 Å². The number of rotatable bonds is 8. The first-order valence-electron chi connectivity index (χ1n) is 11.1. The molecule has 1 heterocycles. The Hall–Kier alpha value is -4.11. The van der Waals surface area contributed by atoms with Gasteiger partial charge in [-0.05, 0) is 66.7 Å². The lowest BCUT2D eigenvalue weighted by atomic mass is 10.1. The summed E-state index contributed by atoms with van der Waals surface area (Å²) in [6.07, 6.45) is 1.73. The molecule has 0 unspecified atom stereocenters. The van der Waals surface area contributed by atoms with Crippen molar-refractivity contribution in [2.45, 2.75) is 13.5 Å². The number of amidine groups is 1. The van der Waals surface area contributed by atoms with Crippen LogP contribution in [-0.4, -0.2) is 40.7 Å². The van der Waals surface area contributed by atoms with Crippen LogP contribution in [0.3, 0.4) is 0 Å². The van der Waals surface area contributed by atoms with Gasteiger partial charge in [0.25, 0.3) is 5.91 Å². The molecule has 0 aliphatic carbocycles. The van der Waals surface area contributed by atoms with Gasteiger partial charge in [0, 0.05) is 12.6 Å². The number of halogens is 1. The average Bonchev–Trinajstić information content (AvgIpc) is 3.12. The number of likely N-dealkylation sites (N-methyl/N-ethyl adjacent to an activating group) is 1. The molecule has 1 fully saturated rings. The Morgan fingerprint density at radius 1 is 1.08 bits per heavy atom. The van der Waals surface area contributed by atoms with Gasteiger partial charge < -0.3 is 14.6 Å². The fourth-order valence-electron chi connectivity index (χ4n) is 3.39. The highest BCUT2D eigenvalue weighted by atomic mass is 32.2. The van der Waals surface area contributed by atoms with Crippen LogP contribution in [0.5, 0.6) is 11.5 Å². The molecule has 1 N–H and O–H groups in total. The number of carbonyl (C=O) groups excluding carboxylic acids is 1. The summed E-state index contributed by atoms with van der Waals surface area (Å²) in [5.41, 5.74) is 1.71. The van der Waals surface area contributed by atoms with Gasteiger partial charge in [-0.25, -0.2) is 14.2 Å². The van der Waals surface area contributed by atoms with Crippen molar-refractivity contribution in [3.63, 3.8) is 0 Å². The molecule has 3 aromatic rings. The predicted molar refractivity (Wildman–Crippen MR) is 137 cm³/mol. The number of nitrogens with zero attached hydrogens (tertiary/aromatic N) is 2. The van der Waals surface area contributed by atoms with Crippen molar-refractivity contribution in [1.29, 1.82) is 0 Å². The zero-order valence-electron chi connectivity index (χ0n) is 19.6. The maximum Gasteiger partial charge on any atom is 0.335 e. The van der Waals surface area contributed by atoms with E-state index in [1.54, 1.807) is 61.7 Å². The number of carboxylic acids is 1. The highest BCUT2D eigenvalue weighted by molar-refractivity contribution is 8.18. The van der Waals surface area contributed by atoms with E-state index < -0.39 is 5.97 Å². The largest absolute Gasteiger partial charge is 0.490 e. The molecule has 1 saturated heterocycles. The number of benzene rings is 3. The van der Waals surface area contributed by atoms with Crippen LogP contribution >= 0.6 is 11.8 Å². The highest BCUT2D eigenvalue weighted by Gasteiger charge is 2.30. The van der Waals surface area contributed by atoms with E-state index in [1.165, 1.54) is 34.9 Å². The first-order valence-corrected chi connectivity index (χ1v) is 11.9. The Bertz CT molecular complexity index is 1370. The van der Waals surface area contributed by atoms with Crippen molar-refractivity contribution in [1.82, 2.24) is 4.90 Å². The second-order valence-electron chi connectivity index (χ2n) is 7.74. The molecule has 3 aromatic carbocycles. The minimum Gasteiger partial charge on any atom is -0.490 e. The molecule has 1 aliphatic heterocycles. The van der Waals surface area contributed by atoms with E-state index in [4.69, 9.17) is 9.47 Å².